The fraction of sp³-hybridized carbons (Fsp3) is 0.538. The van der Waals surface area contributed by atoms with Crippen molar-refractivity contribution in [2.24, 2.45) is 0 Å². The van der Waals surface area contributed by atoms with Gasteiger partial charge in [-0.15, -0.1) is 0 Å². The molecule has 0 aliphatic carbocycles. The maximum absolute atomic E-state index is 12.3. The minimum Gasteiger partial charge on any atom is -0.386 e. The molecule has 0 aliphatic rings. The van der Waals surface area contributed by atoms with Crippen LogP contribution in [-0.2, 0) is 4.74 Å². The van der Waals surface area contributed by atoms with E-state index in [0.717, 1.165) is 5.56 Å². The maximum atomic E-state index is 12.3. The summed E-state index contributed by atoms with van der Waals surface area (Å²) in [6, 6.07) is 4.80. The van der Waals surface area contributed by atoms with Crippen molar-refractivity contribution < 1.29 is 36.2 Å². The highest BCUT2D eigenvalue weighted by Gasteiger charge is 2.58. The largest absolute Gasteiger partial charge is 0.423 e. The van der Waals surface area contributed by atoms with Gasteiger partial charge in [0.15, 0.2) is 0 Å². The summed E-state index contributed by atoms with van der Waals surface area (Å²) in [5, 5.41) is 9.75. The number of aliphatic hydroxyl groups excluding tert-OH is 1. The number of benzene rings is 1. The summed E-state index contributed by atoms with van der Waals surface area (Å²) in [4.78, 5) is 0. The second-order valence-electron chi connectivity index (χ2n) is 4.67. The lowest BCUT2D eigenvalue weighted by Crippen LogP contribution is -2.45. The predicted molar refractivity (Wildman–Crippen MR) is 62.7 cm³/mol. The van der Waals surface area contributed by atoms with Crippen molar-refractivity contribution in [2.75, 3.05) is 6.61 Å². The van der Waals surface area contributed by atoms with E-state index in [1.54, 1.807) is 26.0 Å². The van der Waals surface area contributed by atoms with Crippen molar-refractivity contribution in [3.63, 3.8) is 0 Å². The van der Waals surface area contributed by atoms with Gasteiger partial charge >= 0.3 is 12.4 Å². The van der Waals surface area contributed by atoms with Crippen LogP contribution in [-0.4, -0.2) is 30.2 Å². The molecule has 0 aromatic heterocycles. The SMILES string of the molecule is Cc1ccc(C)c(C(O)COC(C(F)(F)F)C(F)(F)F)c1. The first-order valence-electron chi connectivity index (χ1n) is 5.93. The monoisotopic (exact) mass is 316 g/mol. The van der Waals surface area contributed by atoms with E-state index >= 15 is 0 Å². The van der Waals surface area contributed by atoms with Crippen LogP contribution in [0.5, 0.6) is 0 Å². The Labute approximate surface area is 117 Å². The molecule has 120 valence electrons. The smallest absolute Gasteiger partial charge is 0.386 e. The molecule has 0 bridgehead atoms. The number of hydrogen-bond acceptors (Lipinski definition) is 2. The van der Waals surface area contributed by atoms with E-state index < -0.39 is 31.2 Å². The molecule has 21 heavy (non-hydrogen) atoms. The van der Waals surface area contributed by atoms with E-state index in [4.69, 9.17) is 0 Å². The van der Waals surface area contributed by atoms with Crippen molar-refractivity contribution in [1.29, 1.82) is 0 Å². The molecule has 0 fully saturated rings. The summed E-state index contributed by atoms with van der Waals surface area (Å²) >= 11 is 0. The highest BCUT2D eigenvalue weighted by Crippen LogP contribution is 2.36. The number of aryl methyl sites for hydroxylation is 2. The van der Waals surface area contributed by atoms with E-state index in [0.29, 0.717) is 5.56 Å². The maximum Gasteiger partial charge on any atom is 0.423 e. The van der Waals surface area contributed by atoms with Gasteiger partial charge in [0, 0.05) is 0 Å². The van der Waals surface area contributed by atoms with Gasteiger partial charge in [-0.1, -0.05) is 23.8 Å². The number of rotatable bonds is 4. The van der Waals surface area contributed by atoms with Crippen molar-refractivity contribution in [3.8, 4) is 0 Å². The molecule has 1 aromatic carbocycles. The Bertz CT molecular complexity index is 467. The summed E-state index contributed by atoms with van der Waals surface area (Å²) < 4.78 is 77.6. The number of ether oxygens (including phenoxy) is 1. The van der Waals surface area contributed by atoms with Crippen LogP contribution in [0.25, 0.3) is 0 Å². The zero-order chi connectivity index (χ0) is 16.4. The first-order chi connectivity index (χ1) is 9.43. The molecular formula is C13H14F6O2. The molecule has 0 aliphatic heterocycles. The van der Waals surface area contributed by atoms with Crippen LogP contribution in [0.4, 0.5) is 26.3 Å². The third-order valence-corrected chi connectivity index (χ3v) is 2.81. The minimum absolute atomic E-state index is 0.234. The summed E-state index contributed by atoms with van der Waals surface area (Å²) in [6.07, 6.45) is -16.7. The summed E-state index contributed by atoms with van der Waals surface area (Å²) in [5.41, 5.74) is 1.50. The van der Waals surface area contributed by atoms with Crippen molar-refractivity contribution in [3.05, 3.63) is 34.9 Å². The Kier molecular flexibility index (Phi) is 5.27. The Balaban J connectivity index is 2.83. The van der Waals surface area contributed by atoms with Crippen LogP contribution in [0.2, 0.25) is 0 Å². The second kappa shape index (κ2) is 6.23. The van der Waals surface area contributed by atoms with Gasteiger partial charge in [0.1, 0.15) is 6.10 Å². The average molecular weight is 316 g/mol. The molecule has 8 heteroatoms. The number of hydrogen-bond donors (Lipinski definition) is 1. The lowest BCUT2D eigenvalue weighted by molar-refractivity contribution is -0.324. The Morgan fingerprint density at radius 3 is 2.05 bits per heavy atom. The van der Waals surface area contributed by atoms with Crippen LogP contribution in [0, 0.1) is 13.8 Å². The highest BCUT2D eigenvalue weighted by molar-refractivity contribution is 5.32. The molecule has 1 rings (SSSR count). The van der Waals surface area contributed by atoms with Crippen molar-refractivity contribution in [1.82, 2.24) is 0 Å². The number of aliphatic hydroxyl groups is 1. The molecule has 0 saturated carbocycles. The minimum atomic E-state index is -5.58. The van der Waals surface area contributed by atoms with Gasteiger partial charge < -0.3 is 9.84 Å². The Hall–Kier alpha value is -1.28. The summed E-state index contributed by atoms with van der Waals surface area (Å²) in [6.45, 7) is 2.17. The zero-order valence-electron chi connectivity index (χ0n) is 11.2. The van der Waals surface area contributed by atoms with E-state index in [1.807, 2.05) is 0 Å². The Morgan fingerprint density at radius 1 is 1.05 bits per heavy atom. The molecule has 1 atom stereocenters. The first kappa shape index (κ1) is 17.8. The Morgan fingerprint density at radius 2 is 1.57 bits per heavy atom. The zero-order valence-corrected chi connectivity index (χ0v) is 11.2. The number of alkyl halides is 6. The fourth-order valence-electron chi connectivity index (χ4n) is 1.77. The quantitative estimate of drug-likeness (QED) is 0.855. The highest BCUT2D eigenvalue weighted by atomic mass is 19.4. The number of halogens is 6. The lowest BCUT2D eigenvalue weighted by atomic mass is 10.0. The molecule has 0 saturated heterocycles. The van der Waals surface area contributed by atoms with E-state index in [-0.39, 0.29) is 5.56 Å². The molecule has 2 nitrogen and oxygen atoms in total. The molecule has 0 radical (unpaired) electrons. The van der Waals surface area contributed by atoms with Crippen LogP contribution < -0.4 is 0 Å². The third-order valence-electron chi connectivity index (χ3n) is 2.81. The fourth-order valence-corrected chi connectivity index (χ4v) is 1.77. The molecule has 0 spiro atoms. The van der Waals surface area contributed by atoms with Crippen LogP contribution >= 0.6 is 0 Å². The summed E-state index contributed by atoms with van der Waals surface area (Å²) in [5.74, 6) is 0. The average Bonchev–Trinajstić information content (AvgIpc) is 2.28. The van der Waals surface area contributed by atoms with E-state index in [9.17, 15) is 31.4 Å². The van der Waals surface area contributed by atoms with Gasteiger partial charge in [0.25, 0.3) is 0 Å². The first-order valence-corrected chi connectivity index (χ1v) is 5.93. The topological polar surface area (TPSA) is 29.5 Å². The predicted octanol–water partition coefficient (Wildman–Crippen LogP) is 3.85. The molecule has 1 N–H and O–H groups in total. The van der Waals surface area contributed by atoms with Gasteiger partial charge in [-0.2, -0.15) is 26.3 Å². The van der Waals surface area contributed by atoms with Gasteiger partial charge in [0.2, 0.25) is 6.10 Å². The third kappa shape index (κ3) is 4.89. The molecule has 1 unspecified atom stereocenters. The van der Waals surface area contributed by atoms with Gasteiger partial charge in [0.05, 0.1) is 6.61 Å². The van der Waals surface area contributed by atoms with Gasteiger partial charge in [-0.05, 0) is 25.0 Å². The summed E-state index contributed by atoms with van der Waals surface area (Å²) in [7, 11) is 0. The van der Waals surface area contributed by atoms with Crippen LogP contribution in [0.15, 0.2) is 18.2 Å². The van der Waals surface area contributed by atoms with Crippen molar-refractivity contribution >= 4 is 0 Å². The molecular weight excluding hydrogens is 302 g/mol. The van der Waals surface area contributed by atoms with E-state index in [1.165, 1.54) is 6.07 Å². The normalized spacial score (nSPS) is 14.6. The molecule has 0 heterocycles. The standard InChI is InChI=1S/C13H14F6O2/c1-7-3-4-8(2)9(5-7)10(20)6-21-11(12(14,15)16)13(17,18)19/h3-5,10-11,20H,6H2,1-2H3. The van der Waals surface area contributed by atoms with Gasteiger partial charge in [-0.25, -0.2) is 0 Å². The molecule has 1 aromatic rings. The van der Waals surface area contributed by atoms with Crippen LogP contribution in [0.3, 0.4) is 0 Å². The lowest BCUT2D eigenvalue weighted by Gasteiger charge is -2.24. The van der Waals surface area contributed by atoms with Crippen LogP contribution in [0.1, 0.15) is 22.8 Å². The van der Waals surface area contributed by atoms with Crippen molar-refractivity contribution in [2.45, 2.75) is 38.4 Å². The second-order valence-corrected chi connectivity index (χ2v) is 4.67. The molecule has 0 amide bonds. The van der Waals surface area contributed by atoms with E-state index in [2.05, 4.69) is 4.74 Å². The van der Waals surface area contributed by atoms with Gasteiger partial charge in [-0.3, -0.25) is 0 Å².